The fraction of sp³-hybridized carbons (Fsp3) is 0.273. The van der Waals surface area contributed by atoms with E-state index in [-0.39, 0.29) is 0 Å². The number of thiocarbonyl (C=S) groups is 1. The summed E-state index contributed by atoms with van der Waals surface area (Å²) < 4.78 is 7.36. The number of nitrogens with zero attached hydrogens (tertiary/aromatic N) is 4. The van der Waals surface area contributed by atoms with Crippen molar-refractivity contribution in [3.05, 3.63) is 76.9 Å². The minimum Gasteiger partial charge on any atom is -0.469 e. The molecular formula is C22H23ClN4OS. The molecule has 150 valence electrons. The van der Waals surface area contributed by atoms with Crippen molar-refractivity contribution in [1.82, 2.24) is 19.6 Å². The molecule has 0 spiro atoms. The Balaban J connectivity index is 1.58. The van der Waals surface area contributed by atoms with Gasteiger partial charge in [-0.15, -0.1) is 0 Å². The van der Waals surface area contributed by atoms with Gasteiger partial charge in [-0.25, -0.2) is 0 Å². The summed E-state index contributed by atoms with van der Waals surface area (Å²) in [5, 5.41) is 6.22. The van der Waals surface area contributed by atoms with Gasteiger partial charge in [-0.2, -0.15) is 5.10 Å². The summed E-state index contributed by atoms with van der Waals surface area (Å²) in [6.07, 6.45) is 2.11. The van der Waals surface area contributed by atoms with Crippen LogP contribution in [0.3, 0.4) is 0 Å². The van der Waals surface area contributed by atoms with Gasteiger partial charge < -0.3 is 9.64 Å². The largest absolute Gasteiger partial charge is 0.469 e. The molecule has 1 aliphatic heterocycles. The first-order valence-corrected chi connectivity index (χ1v) is 10.3. The van der Waals surface area contributed by atoms with E-state index >= 15 is 0 Å². The lowest BCUT2D eigenvalue weighted by Gasteiger charge is -2.23. The van der Waals surface area contributed by atoms with Gasteiger partial charge in [0.1, 0.15) is 6.61 Å². The topological polar surface area (TPSA) is 33.5 Å². The number of hydrogen-bond acceptors (Lipinski definition) is 4. The van der Waals surface area contributed by atoms with Gasteiger partial charge in [0, 0.05) is 28.9 Å². The molecule has 0 N–H and O–H groups in total. The van der Waals surface area contributed by atoms with E-state index in [2.05, 4.69) is 35.2 Å². The molecule has 0 amide bonds. The van der Waals surface area contributed by atoms with E-state index in [1.807, 2.05) is 47.1 Å². The van der Waals surface area contributed by atoms with E-state index in [0.717, 1.165) is 47.2 Å². The molecule has 1 aliphatic rings. The molecule has 1 aromatic heterocycles. The SMILES string of the molecule is CN(Cc1cn(Cc2ccccc2Cl)nc1-c1ccccc1)CN1CCOC1=S. The number of halogens is 1. The van der Waals surface area contributed by atoms with Crippen LogP contribution in [0.5, 0.6) is 0 Å². The van der Waals surface area contributed by atoms with Gasteiger partial charge in [-0.05, 0) is 30.9 Å². The van der Waals surface area contributed by atoms with E-state index in [0.29, 0.717) is 18.3 Å². The highest BCUT2D eigenvalue weighted by Gasteiger charge is 2.20. The van der Waals surface area contributed by atoms with Gasteiger partial charge in [-0.1, -0.05) is 60.1 Å². The number of hydrogen-bond donors (Lipinski definition) is 0. The van der Waals surface area contributed by atoms with E-state index < -0.39 is 0 Å². The molecule has 0 radical (unpaired) electrons. The molecule has 29 heavy (non-hydrogen) atoms. The van der Waals surface area contributed by atoms with E-state index in [9.17, 15) is 0 Å². The number of ether oxygens (including phenoxy) is 1. The minimum absolute atomic E-state index is 0.578. The maximum Gasteiger partial charge on any atom is 0.260 e. The van der Waals surface area contributed by atoms with E-state index in [1.54, 1.807) is 0 Å². The van der Waals surface area contributed by atoms with Crippen LogP contribution in [0, 0.1) is 0 Å². The molecule has 5 nitrogen and oxygen atoms in total. The molecule has 0 saturated carbocycles. The fourth-order valence-corrected chi connectivity index (χ4v) is 3.91. The minimum atomic E-state index is 0.578. The molecule has 1 saturated heterocycles. The zero-order valence-corrected chi connectivity index (χ0v) is 17.9. The Labute approximate surface area is 181 Å². The van der Waals surface area contributed by atoms with Crippen molar-refractivity contribution >= 4 is 29.0 Å². The molecule has 4 rings (SSSR count). The number of aromatic nitrogens is 2. The van der Waals surface area contributed by atoms with Crippen LogP contribution < -0.4 is 0 Å². The predicted molar refractivity (Wildman–Crippen MR) is 120 cm³/mol. The first-order valence-electron chi connectivity index (χ1n) is 9.55. The third-order valence-corrected chi connectivity index (χ3v) is 5.62. The van der Waals surface area contributed by atoms with Gasteiger partial charge in [-0.3, -0.25) is 9.58 Å². The zero-order valence-electron chi connectivity index (χ0n) is 16.3. The second-order valence-corrected chi connectivity index (χ2v) is 7.95. The molecule has 7 heteroatoms. The van der Waals surface area contributed by atoms with Crippen LogP contribution >= 0.6 is 23.8 Å². The smallest absolute Gasteiger partial charge is 0.260 e. The van der Waals surface area contributed by atoms with Crippen molar-refractivity contribution in [1.29, 1.82) is 0 Å². The molecule has 2 heterocycles. The van der Waals surface area contributed by atoms with Crippen molar-refractivity contribution in [2.75, 3.05) is 26.9 Å². The predicted octanol–water partition coefficient (Wildman–Crippen LogP) is 4.26. The van der Waals surface area contributed by atoms with Gasteiger partial charge in [0.15, 0.2) is 0 Å². The standard InChI is InChI=1S/C22H23ClN4OS/c1-25(16-26-11-12-28-22(26)29)13-19-15-27(14-18-9-5-6-10-20(18)23)24-21(19)17-7-3-2-4-8-17/h2-10,15H,11-14,16H2,1H3. The van der Waals surface area contributed by atoms with Gasteiger partial charge in [0.25, 0.3) is 5.17 Å². The highest BCUT2D eigenvalue weighted by molar-refractivity contribution is 7.80. The summed E-state index contributed by atoms with van der Waals surface area (Å²) in [6.45, 7) is 3.61. The first kappa shape index (κ1) is 19.9. The Hall–Kier alpha value is -2.41. The summed E-state index contributed by atoms with van der Waals surface area (Å²) in [6, 6.07) is 18.2. The quantitative estimate of drug-likeness (QED) is 0.527. The van der Waals surface area contributed by atoms with Crippen molar-refractivity contribution in [2.24, 2.45) is 0 Å². The van der Waals surface area contributed by atoms with Crippen LogP contribution in [0.25, 0.3) is 11.3 Å². The Morgan fingerprint density at radius 3 is 2.59 bits per heavy atom. The molecule has 0 atom stereocenters. The summed E-state index contributed by atoms with van der Waals surface area (Å²) in [5.74, 6) is 0. The van der Waals surface area contributed by atoms with Crippen molar-refractivity contribution in [3.8, 4) is 11.3 Å². The van der Waals surface area contributed by atoms with Crippen LogP contribution in [-0.2, 0) is 17.8 Å². The molecule has 0 unspecified atom stereocenters. The van der Waals surface area contributed by atoms with E-state index in [4.69, 9.17) is 33.7 Å². The average molecular weight is 427 g/mol. The van der Waals surface area contributed by atoms with Crippen LogP contribution in [0.4, 0.5) is 0 Å². The molecule has 1 fully saturated rings. The zero-order chi connectivity index (χ0) is 20.2. The number of benzene rings is 2. The maximum atomic E-state index is 6.35. The van der Waals surface area contributed by atoms with Crippen LogP contribution in [-0.4, -0.2) is 51.6 Å². The number of rotatable bonds is 7. The second-order valence-electron chi connectivity index (χ2n) is 7.19. The molecule has 3 aromatic rings. The van der Waals surface area contributed by atoms with Crippen molar-refractivity contribution in [3.63, 3.8) is 0 Å². The highest BCUT2D eigenvalue weighted by Crippen LogP contribution is 2.24. The summed E-state index contributed by atoms with van der Waals surface area (Å²) in [7, 11) is 2.08. The Kier molecular flexibility index (Phi) is 6.13. The fourth-order valence-electron chi connectivity index (χ4n) is 3.49. The third-order valence-electron chi connectivity index (χ3n) is 4.87. The third kappa shape index (κ3) is 4.78. The normalized spacial score (nSPS) is 13.9. The first-order chi connectivity index (χ1) is 14.1. The molecule has 2 aromatic carbocycles. The van der Waals surface area contributed by atoms with Gasteiger partial charge in [0.2, 0.25) is 0 Å². The summed E-state index contributed by atoms with van der Waals surface area (Å²) >= 11 is 11.6. The lowest BCUT2D eigenvalue weighted by molar-refractivity contribution is 0.228. The Morgan fingerprint density at radius 1 is 1.10 bits per heavy atom. The molecular weight excluding hydrogens is 404 g/mol. The molecule has 0 bridgehead atoms. The van der Waals surface area contributed by atoms with Crippen molar-refractivity contribution < 1.29 is 4.74 Å². The van der Waals surface area contributed by atoms with E-state index in [1.165, 1.54) is 0 Å². The lowest BCUT2D eigenvalue weighted by Crippen LogP contribution is -2.35. The van der Waals surface area contributed by atoms with Crippen molar-refractivity contribution in [2.45, 2.75) is 13.1 Å². The monoisotopic (exact) mass is 426 g/mol. The Bertz CT molecular complexity index is 991. The van der Waals surface area contributed by atoms with Crippen LogP contribution in [0.15, 0.2) is 60.8 Å². The molecule has 0 aliphatic carbocycles. The van der Waals surface area contributed by atoms with Gasteiger partial charge in [0.05, 0.1) is 25.5 Å². The second kappa shape index (κ2) is 8.95. The highest BCUT2D eigenvalue weighted by atomic mass is 35.5. The van der Waals surface area contributed by atoms with Gasteiger partial charge >= 0.3 is 0 Å². The summed E-state index contributed by atoms with van der Waals surface area (Å²) in [4.78, 5) is 4.30. The Morgan fingerprint density at radius 2 is 1.86 bits per heavy atom. The van der Waals surface area contributed by atoms with Crippen LogP contribution in [0.2, 0.25) is 5.02 Å². The summed E-state index contributed by atoms with van der Waals surface area (Å²) in [5.41, 5.74) is 4.31. The van der Waals surface area contributed by atoms with Crippen LogP contribution in [0.1, 0.15) is 11.1 Å². The maximum absolute atomic E-state index is 6.35. The average Bonchev–Trinajstić information content (AvgIpc) is 3.30. The lowest BCUT2D eigenvalue weighted by atomic mass is 10.1.